The van der Waals surface area contributed by atoms with Crippen molar-refractivity contribution in [3.05, 3.63) is 76.1 Å². The van der Waals surface area contributed by atoms with Crippen molar-refractivity contribution in [2.45, 2.75) is 6.42 Å². The van der Waals surface area contributed by atoms with Crippen molar-refractivity contribution in [2.75, 3.05) is 13.7 Å². The molecule has 0 bridgehead atoms. The van der Waals surface area contributed by atoms with Crippen LogP contribution in [-0.2, 0) is 11.2 Å². The van der Waals surface area contributed by atoms with E-state index in [0.717, 1.165) is 17.4 Å². The molecule has 0 aliphatic carbocycles. The van der Waals surface area contributed by atoms with Gasteiger partial charge in [0, 0.05) is 12.5 Å². The summed E-state index contributed by atoms with van der Waals surface area (Å²) in [5.74, 6) is 0.0356. The lowest BCUT2D eigenvalue weighted by molar-refractivity contribution is 0.0473. The molecule has 122 valence electrons. The monoisotopic (exact) mass is 324 g/mol. The van der Waals surface area contributed by atoms with Gasteiger partial charge in [-0.05, 0) is 29.8 Å². The van der Waals surface area contributed by atoms with E-state index in [4.69, 9.17) is 13.9 Å². The Labute approximate surface area is 138 Å². The predicted octanol–water partition coefficient (Wildman–Crippen LogP) is 3.20. The molecular formula is C19H16O5. The Hall–Kier alpha value is -3.08. The zero-order valence-corrected chi connectivity index (χ0v) is 13.2. The molecule has 5 nitrogen and oxygen atoms in total. The zero-order valence-electron chi connectivity index (χ0n) is 13.2. The molecule has 0 atom stereocenters. The first-order chi connectivity index (χ1) is 11.7. The highest BCUT2D eigenvalue weighted by Gasteiger charge is 2.13. The maximum atomic E-state index is 12.1. The van der Waals surface area contributed by atoms with Gasteiger partial charge in [0.15, 0.2) is 5.43 Å². The second-order valence-electron chi connectivity index (χ2n) is 5.21. The van der Waals surface area contributed by atoms with Crippen LogP contribution in [0.15, 0.2) is 63.8 Å². The first-order valence-electron chi connectivity index (χ1n) is 7.50. The Morgan fingerprint density at radius 2 is 1.83 bits per heavy atom. The average Bonchev–Trinajstić information content (AvgIpc) is 2.62. The summed E-state index contributed by atoms with van der Waals surface area (Å²) in [5.41, 5.74) is 1.12. The normalized spacial score (nSPS) is 10.5. The van der Waals surface area contributed by atoms with E-state index in [1.54, 1.807) is 31.4 Å². The average molecular weight is 324 g/mol. The summed E-state index contributed by atoms with van der Waals surface area (Å²) in [6, 6.07) is 15.4. The molecule has 3 rings (SSSR count). The minimum Gasteiger partial charge on any atom is -0.497 e. The molecule has 0 saturated carbocycles. The van der Waals surface area contributed by atoms with Crippen molar-refractivity contribution in [3.63, 3.8) is 0 Å². The summed E-state index contributed by atoms with van der Waals surface area (Å²) in [4.78, 5) is 24.0. The summed E-state index contributed by atoms with van der Waals surface area (Å²) < 4.78 is 15.7. The molecule has 0 fully saturated rings. The largest absolute Gasteiger partial charge is 0.497 e. The molecular weight excluding hydrogens is 308 g/mol. The van der Waals surface area contributed by atoms with E-state index < -0.39 is 5.97 Å². The van der Waals surface area contributed by atoms with Gasteiger partial charge in [-0.3, -0.25) is 4.79 Å². The number of benzene rings is 2. The summed E-state index contributed by atoms with van der Waals surface area (Å²) in [6.45, 7) is 0.196. The third-order valence-electron chi connectivity index (χ3n) is 3.62. The Morgan fingerprint density at radius 1 is 1.08 bits per heavy atom. The number of carbonyl (C=O) groups is 1. The highest BCUT2D eigenvalue weighted by atomic mass is 16.5. The van der Waals surface area contributed by atoms with E-state index in [0.29, 0.717) is 17.4 Å². The first kappa shape index (κ1) is 15.8. The van der Waals surface area contributed by atoms with E-state index in [9.17, 15) is 9.59 Å². The fraction of sp³-hybridized carbons (Fsp3) is 0.158. The molecule has 2 aromatic carbocycles. The third kappa shape index (κ3) is 3.46. The maximum Gasteiger partial charge on any atom is 0.374 e. The molecule has 0 amide bonds. The van der Waals surface area contributed by atoms with Gasteiger partial charge >= 0.3 is 5.97 Å². The van der Waals surface area contributed by atoms with Crippen LogP contribution < -0.4 is 10.2 Å². The fourth-order valence-electron chi connectivity index (χ4n) is 2.33. The van der Waals surface area contributed by atoms with E-state index >= 15 is 0 Å². The second kappa shape index (κ2) is 7.00. The highest BCUT2D eigenvalue weighted by Crippen LogP contribution is 2.14. The van der Waals surface area contributed by atoms with Crippen molar-refractivity contribution in [3.8, 4) is 5.75 Å². The van der Waals surface area contributed by atoms with Gasteiger partial charge in [0.2, 0.25) is 5.76 Å². The van der Waals surface area contributed by atoms with Crippen LogP contribution in [0, 0.1) is 0 Å². The van der Waals surface area contributed by atoms with Gasteiger partial charge in [0.25, 0.3) is 0 Å². The number of para-hydroxylation sites is 1. The molecule has 0 aliphatic rings. The van der Waals surface area contributed by atoms with E-state index in [1.165, 1.54) is 0 Å². The van der Waals surface area contributed by atoms with E-state index in [2.05, 4.69) is 0 Å². The van der Waals surface area contributed by atoms with E-state index in [-0.39, 0.29) is 17.8 Å². The van der Waals surface area contributed by atoms with Crippen molar-refractivity contribution in [2.24, 2.45) is 0 Å². The van der Waals surface area contributed by atoms with Crippen LogP contribution in [0.2, 0.25) is 0 Å². The number of rotatable bonds is 5. The molecule has 24 heavy (non-hydrogen) atoms. The van der Waals surface area contributed by atoms with Gasteiger partial charge in [0.1, 0.15) is 11.3 Å². The SMILES string of the molecule is COc1ccc(CCOC(=O)c2cc(=O)c3ccccc3o2)cc1. The summed E-state index contributed by atoms with van der Waals surface area (Å²) >= 11 is 0. The summed E-state index contributed by atoms with van der Waals surface area (Å²) in [7, 11) is 1.61. The van der Waals surface area contributed by atoms with Crippen LogP contribution in [0.5, 0.6) is 5.75 Å². The molecule has 0 aliphatic heterocycles. The Kier molecular flexibility index (Phi) is 4.61. The standard InChI is InChI=1S/C19H16O5/c1-22-14-8-6-13(7-9-14)10-11-23-19(21)18-12-16(20)15-4-2-3-5-17(15)24-18/h2-9,12H,10-11H2,1H3. The van der Waals surface area contributed by atoms with Gasteiger partial charge in [-0.2, -0.15) is 0 Å². The van der Waals surface area contributed by atoms with Gasteiger partial charge in [-0.25, -0.2) is 4.79 Å². The third-order valence-corrected chi connectivity index (χ3v) is 3.62. The number of fused-ring (bicyclic) bond motifs is 1. The Balaban J connectivity index is 1.65. The number of carbonyl (C=O) groups excluding carboxylic acids is 1. The summed E-state index contributed by atoms with van der Waals surface area (Å²) in [6.07, 6.45) is 0.563. The van der Waals surface area contributed by atoms with Gasteiger partial charge in [0.05, 0.1) is 19.1 Å². The first-order valence-corrected chi connectivity index (χ1v) is 7.50. The molecule has 5 heteroatoms. The number of methoxy groups -OCH3 is 1. The van der Waals surface area contributed by atoms with Gasteiger partial charge in [-0.1, -0.05) is 24.3 Å². The van der Waals surface area contributed by atoms with Crippen molar-refractivity contribution < 1.29 is 18.7 Å². The molecule has 0 saturated heterocycles. The number of hydrogen-bond donors (Lipinski definition) is 0. The number of esters is 1. The van der Waals surface area contributed by atoms with Gasteiger partial charge in [-0.15, -0.1) is 0 Å². The minimum atomic E-state index is -0.647. The van der Waals surface area contributed by atoms with Crippen LogP contribution in [-0.4, -0.2) is 19.7 Å². The lowest BCUT2D eigenvalue weighted by Gasteiger charge is -2.06. The maximum absolute atomic E-state index is 12.1. The Bertz CT molecular complexity index is 909. The zero-order chi connectivity index (χ0) is 16.9. The predicted molar refractivity (Wildman–Crippen MR) is 89.5 cm³/mol. The fourth-order valence-corrected chi connectivity index (χ4v) is 2.33. The molecule has 0 radical (unpaired) electrons. The van der Waals surface area contributed by atoms with Crippen molar-refractivity contribution in [1.29, 1.82) is 0 Å². The van der Waals surface area contributed by atoms with Crippen LogP contribution in [0.1, 0.15) is 16.1 Å². The number of ether oxygens (including phenoxy) is 2. The second-order valence-corrected chi connectivity index (χ2v) is 5.21. The summed E-state index contributed by atoms with van der Waals surface area (Å²) in [5, 5.41) is 0.437. The minimum absolute atomic E-state index is 0.0894. The molecule has 3 aromatic rings. The molecule has 0 spiro atoms. The quantitative estimate of drug-likeness (QED) is 0.674. The van der Waals surface area contributed by atoms with Gasteiger partial charge < -0.3 is 13.9 Å². The van der Waals surface area contributed by atoms with Crippen molar-refractivity contribution >= 4 is 16.9 Å². The molecule has 0 N–H and O–H groups in total. The smallest absolute Gasteiger partial charge is 0.374 e. The van der Waals surface area contributed by atoms with Crippen LogP contribution in [0.3, 0.4) is 0 Å². The molecule has 1 heterocycles. The van der Waals surface area contributed by atoms with E-state index in [1.807, 2.05) is 24.3 Å². The molecule has 0 unspecified atom stereocenters. The highest BCUT2D eigenvalue weighted by molar-refractivity contribution is 5.88. The molecule has 1 aromatic heterocycles. The van der Waals surface area contributed by atoms with Crippen molar-refractivity contribution in [1.82, 2.24) is 0 Å². The lowest BCUT2D eigenvalue weighted by atomic mass is 10.1. The lowest BCUT2D eigenvalue weighted by Crippen LogP contribution is -2.11. The van der Waals surface area contributed by atoms with Crippen LogP contribution in [0.25, 0.3) is 11.0 Å². The van der Waals surface area contributed by atoms with Crippen LogP contribution >= 0.6 is 0 Å². The topological polar surface area (TPSA) is 65.7 Å². The Morgan fingerprint density at radius 3 is 2.58 bits per heavy atom. The number of hydrogen-bond acceptors (Lipinski definition) is 5. The van der Waals surface area contributed by atoms with Crippen LogP contribution in [0.4, 0.5) is 0 Å².